The summed E-state index contributed by atoms with van der Waals surface area (Å²) in [7, 11) is 3.09. The lowest BCUT2D eigenvalue weighted by atomic mass is 9.98. The third-order valence-corrected chi connectivity index (χ3v) is 3.70. The molecule has 21 heavy (non-hydrogen) atoms. The number of methoxy groups -OCH3 is 2. The average molecular weight is 305 g/mol. The number of halogens is 1. The summed E-state index contributed by atoms with van der Waals surface area (Å²) in [5.41, 5.74) is 2.02. The Balaban J connectivity index is 2.14. The summed E-state index contributed by atoms with van der Waals surface area (Å²) in [4.78, 5) is 12.1. The molecule has 0 aromatic heterocycles. The van der Waals surface area contributed by atoms with Crippen LogP contribution in [0.2, 0.25) is 5.02 Å². The Hall–Kier alpha value is -2.20. The van der Waals surface area contributed by atoms with Crippen LogP contribution in [0.5, 0.6) is 11.5 Å². The summed E-state index contributed by atoms with van der Waals surface area (Å²) in [6, 6.07) is 10.6. The van der Waals surface area contributed by atoms with Crippen molar-refractivity contribution in [3.05, 3.63) is 58.1 Å². The quantitative estimate of drug-likeness (QED) is 0.813. The highest BCUT2D eigenvalue weighted by Crippen LogP contribution is 2.43. The van der Waals surface area contributed by atoms with E-state index in [1.807, 2.05) is 12.1 Å². The van der Waals surface area contributed by atoms with Crippen LogP contribution in [0.4, 0.5) is 0 Å². The van der Waals surface area contributed by atoms with Gasteiger partial charge in [-0.25, -0.2) is 4.79 Å². The zero-order chi connectivity index (χ0) is 15.0. The van der Waals surface area contributed by atoms with Crippen molar-refractivity contribution in [1.82, 2.24) is 0 Å². The first-order valence-corrected chi connectivity index (χ1v) is 6.74. The Kier molecular flexibility index (Phi) is 3.47. The molecular formula is C16H13ClO4. The predicted molar refractivity (Wildman–Crippen MR) is 78.3 cm³/mol. The second kappa shape index (κ2) is 5.30. The Morgan fingerprint density at radius 2 is 1.81 bits per heavy atom. The van der Waals surface area contributed by atoms with Crippen molar-refractivity contribution in [3.8, 4) is 11.5 Å². The van der Waals surface area contributed by atoms with E-state index in [9.17, 15) is 4.79 Å². The van der Waals surface area contributed by atoms with Gasteiger partial charge in [0, 0.05) is 11.1 Å². The molecule has 0 saturated carbocycles. The number of hydrogen-bond donors (Lipinski definition) is 0. The highest BCUT2D eigenvalue weighted by Gasteiger charge is 2.36. The van der Waals surface area contributed by atoms with Crippen molar-refractivity contribution in [3.63, 3.8) is 0 Å². The third kappa shape index (κ3) is 2.32. The van der Waals surface area contributed by atoms with Gasteiger partial charge in [-0.15, -0.1) is 0 Å². The Bertz CT molecular complexity index is 694. The van der Waals surface area contributed by atoms with Gasteiger partial charge in [0.1, 0.15) is 11.5 Å². The summed E-state index contributed by atoms with van der Waals surface area (Å²) < 4.78 is 16.0. The maximum atomic E-state index is 12.1. The Labute approximate surface area is 127 Å². The van der Waals surface area contributed by atoms with Gasteiger partial charge in [0.15, 0.2) is 6.10 Å². The number of rotatable bonds is 3. The standard InChI is InChI=1S/C16H13ClO4/c1-19-11-7-12-14(13(8-11)20-2)15(21-16(12)18)9-3-5-10(17)6-4-9/h3-8,15H,1-2H3/t15-/m0/s1. The summed E-state index contributed by atoms with van der Waals surface area (Å²) in [5.74, 6) is 0.733. The van der Waals surface area contributed by atoms with Crippen molar-refractivity contribution in [1.29, 1.82) is 0 Å². The smallest absolute Gasteiger partial charge is 0.339 e. The van der Waals surface area contributed by atoms with E-state index in [0.29, 0.717) is 27.6 Å². The van der Waals surface area contributed by atoms with Crippen LogP contribution in [-0.2, 0) is 4.74 Å². The van der Waals surface area contributed by atoms with Crippen LogP contribution in [0.25, 0.3) is 0 Å². The minimum atomic E-state index is -0.495. The lowest BCUT2D eigenvalue weighted by molar-refractivity contribution is 0.0454. The van der Waals surface area contributed by atoms with Crippen molar-refractivity contribution < 1.29 is 19.0 Å². The molecule has 108 valence electrons. The molecule has 0 aliphatic carbocycles. The highest BCUT2D eigenvalue weighted by atomic mass is 35.5. The summed E-state index contributed by atoms with van der Waals surface area (Å²) in [5, 5.41) is 0.630. The number of ether oxygens (including phenoxy) is 3. The molecule has 0 saturated heterocycles. The fourth-order valence-electron chi connectivity index (χ4n) is 2.43. The topological polar surface area (TPSA) is 44.8 Å². The molecule has 1 atom stereocenters. The molecule has 0 bridgehead atoms. The molecule has 4 nitrogen and oxygen atoms in total. The predicted octanol–water partition coefficient (Wildman–Crippen LogP) is 3.62. The maximum absolute atomic E-state index is 12.1. The molecule has 2 aromatic rings. The van der Waals surface area contributed by atoms with Crippen LogP contribution in [0.1, 0.15) is 27.6 Å². The van der Waals surface area contributed by atoms with E-state index >= 15 is 0 Å². The first-order chi connectivity index (χ1) is 10.1. The lowest BCUT2D eigenvalue weighted by Crippen LogP contribution is -2.02. The maximum Gasteiger partial charge on any atom is 0.339 e. The van der Waals surface area contributed by atoms with Crippen LogP contribution >= 0.6 is 11.6 Å². The zero-order valence-electron chi connectivity index (χ0n) is 11.6. The van der Waals surface area contributed by atoms with Gasteiger partial charge >= 0.3 is 5.97 Å². The van der Waals surface area contributed by atoms with Crippen molar-refractivity contribution in [2.24, 2.45) is 0 Å². The number of carbonyl (C=O) groups excluding carboxylic acids is 1. The number of carbonyl (C=O) groups is 1. The van der Waals surface area contributed by atoms with Gasteiger partial charge in [0.05, 0.1) is 25.3 Å². The van der Waals surface area contributed by atoms with E-state index in [-0.39, 0.29) is 5.97 Å². The highest BCUT2D eigenvalue weighted by molar-refractivity contribution is 6.30. The Morgan fingerprint density at radius 1 is 1.10 bits per heavy atom. The van der Waals surface area contributed by atoms with E-state index in [0.717, 1.165) is 5.56 Å². The molecule has 5 heteroatoms. The molecule has 0 N–H and O–H groups in total. The van der Waals surface area contributed by atoms with E-state index in [4.69, 9.17) is 25.8 Å². The third-order valence-electron chi connectivity index (χ3n) is 3.45. The minimum Gasteiger partial charge on any atom is -0.497 e. The molecule has 0 radical (unpaired) electrons. The summed E-state index contributed by atoms with van der Waals surface area (Å²) >= 11 is 5.90. The fraction of sp³-hybridized carbons (Fsp3) is 0.188. The van der Waals surface area contributed by atoms with Crippen LogP contribution in [0.3, 0.4) is 0 Å². The first-order valence-electron chi connectivity index (χ1n) is 6.36. The van der Waals surface area contributed by atoms with Gasteiger partial charge < -0.3 is 14.2 Å². The van der Waals surface area contributed by atoms with Crippen LogP contribution in [0.15, 0.2) is 36.4 Å². The minimum absolute atomic E-state index is 0.387. The van der Waals surface area contributed by atoms with E-state index < -0.39 is 6.10 Å². The van der Waals surface area contributed by atoms with E-state index in [2.05, 4.69) is 0 Å². The van der Waals surface area contributed by atoms with Gasteiger partial charge in [0.2, 0.25) is 0 Å². The lowest BCUT2D eigenvalue weighted by Gasteiger charge is -2.14. The number of fused-ring (bicyclic) bond motifs is 1. The van der Waals surface area contributed by atoms with Gasteiger partial charge in [-0.2, -0.15) is 0 Å². The second-order valence-electron chi connectivity index (χ2n) is 4.63. The molecule has 2 aromatic carbocycles. The number of cyclic esters (lactones) is 1. The zero-order valence-corrected chi connectivity index (χ0v) is 12.3. The normalized spacial score (nSPS) is 16.3. The molecule has 1 aliphatic heterocycles. The first kappa shape index (κ1) is 13.8. The molecule has 0 fully saturated rings. The fourth-order valence-corrected chi connectivity index (χ4v) is 2.56. The summed E-state index contributed by atoms with van der Waals surface area (Å²) in [6.45, 7) is 0. The average Bonchev–Trinajstić information content (AvgIpc) is 2.84. The van der Waals surface area contributed by atoms with Crippen molar-refractivity contribution >= 4 is 17.6 Å². The van der Waals surface area contributed by atoms with Gasteiger partial charge in [-0.3, -0.25) is 0 Å². The van der Waals surface area contributed by atoms with Crippen LogP contribution < -0.4 is 9.47 Å². The van der Waals surface area contributed by atoms with Crippen molar-refractivity contribution in [2.75, 3.05) is 14.2 Å². The van der Waals surface area contributed by atoms with E-state index in [1.54, 1.807) is 31.4 Å². The van der Waals surface area contributed by atoms with Crippen LogP contribution in [0, 0.1) is 0 Å². The largest absolute Gasteiger partial charge is 0.497 e. The number of hydrogen-bond acceptors (Lipinski definition) is 4. The molecule has 1 aliphatic rings. The molecule has 1 heterocycles. The molecular weight excluding hydrogens is 292 g/mol. The van der Waals surface area contributed by atoms with E-state index in [1.165, 1.54) is 7.11 Å². The summed E-state index contributed by atoms with van der Waals surface area (Å²) in [6.07, 6.45) is -0.495. The van der Waals surface area contributed by atoms with Gasteiger partial charge in [-0.1, -0.05) is 23.7 Å². The molecule has 0 amide bonds. The molecule has 0 spiro atoms. The molecule has 0 unspecified atom stereocenters. The monoisotopic (exact) mass is 304 g/mol. The second-order valence-corrected chi connectivity index (χ2v) is 5.06. The van der Waals surface area contributed by atoms with Crippen molar-refractivity contribution in [2.45, 2.75) is 6.10 Å². The number of esters is 1. The Morgan fingerprint density at radius 3 is 2.43 bits per heavy atom. The SMILES string of the molecule is COc1cc(OC)c2c(c1)C(=O)O[C@H]2c1ccc(Cl)cc1. The van der Waals surface area contributed by atoms with Gasteiger partial charge in [-0.05, 0) is 23.8 Å². The molecule has 3 rings (SSSR count). The number of benzene rings is 2. The van der Waals surface area contributed by atoms with Crippen LogP contribution in [-0.4, -0.2) is 20.2 Å². The van der Waals surface area contributed by atoms with Gasteiger partial charge in [0.25, 0.3) is 0 Å².